The van der Waals surface area contributed by atoms with Gasteiger partial charge in [0.25, 0.3) is 5.91 Å². The van der Waals surface area contributed by atoms with Crippen LogP contribution in [0.1, 0.15) is 16.8 Å². The molecule has 1 aliphatic rings. The Hall–Kier alpha value is -2.38. The Morgan fingerprint density at radius 1 is 1.38 bits per heavy atom. The van der Waals surface area contributed by atoms with Gasteiger partial charge in [-0.3, -0.25) is 4.79 Å². The minimum atomic E-state index is -0.962. The Labute approximate surface area is 119 Å². The number of nitrogens with one attached hydrogen (secondary N) is 1. The molecule has 114 valence electrons. The predicted molar refractivity (Wildman–Crippen MR) is 70.6 cm³/mol. The van der Waals surface area contributed by atoms with Crippen molar-refractivity contribution in [3.8, 4) is 0 Å². The van der Waals surface area contributed by atoms with Crippen molar-refractivity contribution in [2.24, 2.45) is 0 Å². The highest BCUT2D eigenvalue weighted by molar-refractivity contribution is 5.95. The smallest absolute Gasteiger partial charge is 0.407 e. The lowest BCUT2D eigenvalue weighted by Gasteiger charge is -2.17. The number of hydrogen-bond acceptors (Lipinski definition) is 4. The number of nitrogen functional groups attached to an aromatic ring is 1. The topological polar surface area (TPSA) is 84.7 Å². The SMILES string of the molecule is COC(=O)NC1CCN(C(=O)c2cc(N)c(F)cc2F)C1. The molecule has 1 saturated heterocycles. The van der Waals surface area contributed by atoms with Gasteiger partial charge in [-0.05, 0) is 12.5 Å². The van der Waals surface area contributed by atoms with Crippen LogP contribution in [-0.2, 0) is 4.74 Å². The van der Waals surface area contributed by atoms with Crippen LogP contribution in [0.5, 0.6) is 0 Å². The Morgan fingerprint density at radius 3 is 2.76 bits per heavy atom. The number of likely N-dealkylation sites (tertiary alicyclic amines) is 1. The lowest BCUT2D eigenvalue weighted by Crippen LogP contribution is -2.38. The van der Waals surface area contributed by atoms with E-state index in [0.29, 0.717) is 19.0 Å². The predicted octanol–water partition coefficient (Wildman–Crippen LogP) is 1.12. The van der Waals surface area contributed by atoms with E-state index in [1.807, 2.05) is 0 Å². The summed E-state index contributed by atoms with van der Waals surface area (Å²) in [5, 5.41) is 2.57. The Morgan fingerprint density at radius 2 is 2.10 bits per heavy atom. The van der Waals surface area contributed by atoms with E-state index in [9.17, 15) is 18.4 Å². The molecule has 1 aliphatic heterocycles. The molecular weight excluding hydrogens is 284 g/mol. The summed E-state index contributed by atoms with van der Waals surface area (Å²) in [7, 11) is 1.24. The summed E-state index contributed by atoms with van der Waals surface area (Å²) < 4.78 is 31.2. The molecule has 1 fully saturated rings. The number of alkyl carbamates (subject to hydrolysis) is 1. The monoisotopic (exact) mass is 299 g/mol. The van der Waals surface area contributed by atoms with Crippen LogP contribution in [0.4, 0.5) is 19.3 Å². The number of methoxy groups -OCH3 is 1. The molecule has 1 atom stereocenters. The highest BCUT2D eigenvalue weighted by Gasteiger charge is 2.29. The van der Waals surface area contributed by atoms with Crippen molar-refractivity contribution < 1.29 is 23.1 Å². The highest BCUT2D eigenvalue weighted by atomic mass is 19.1. The van der Waals surface area contributed by atoms with Crippen LogP contribution < -0.4 is 11.1 Å². The minimum absolute atomic E-state index is 0.227. The summed E-state index contributed by atoms with van der Waals surface area (Å²) >= 11 is 0. The molecule has 2 amide bonds. The average Bonchev–Trinajstić information content (AvgIpc) is 2.90. The second kappa shape index (κ2) is 5.94. The number of nitrogens with two attached hydrogens (primary N) is 1. The molecule has 0 saturated carbocycles. The van der Waals surface area contributed by atoms with Gasteiger partial charge in [-0.25, -0.2) is 13.6 Å². The number of hydrogen-bond donors (Lipinski definition) is 2. The van der Waals surface area contributed by atoms with Gasteiger partial charge >= 0.3 is 6.09 Å². The van der Waals surface area contributed by atoms with E-state index < -0.39 is 23.6 Å². The molecule has 21 heavy (non-hydrogen) atoms. The van der Waals surface area contributed by atoms with Crippen molar-refractivity contribution in [2.45, 2.75) is 12.5 Å². The summed E-state index contributed by atoms with van der Waals surface area (Å²) in [4.78, 5) is 24.7. The molecule has 1 heterocycles. The molecular formula is C13H15F2N3O3. The van der Waals surface area contributed by atoms with Gasteiger partial charge in [0.15, 0.2) is 0 Å². The maximum Gasteiger partial charge on any atom is 0.407 e. The van der Waals surface area contributed by atoms with Crippen molar-refractivity contribution in [3.63, 3.8) is 0 Å². The van der Waals surface area contributed by atoms with E-state index in [-0.39, 0.29) is 23.8 Å². The molecule has 1 aromatic rings. The van der Waals surface area contributed by atoms with Gasteiger partial charge < -0.3 is 20.7 Å². The maximum atomic E-state index is 13.7. The first-order chi connectivity index (χ1) is 9.92. The molecule has 0 bridgehead atoms. The number of anilines is 1. The normalized spacial score (nSPS) is 17.7. The Balaban J connectivity index is 2.08. The second-order valence-corrected chi connectivity index (χ2v) is 4.73. The largest absolute Gasteiger partial charge is 0.453 e. The zero-order valence-corrected chi connectivity index (χ0v) is 11.4. The molecule has 0 aliphatic carbocycles. The summed E-state index contributed by atoms with van der Waals surface area (Å²) in [6.45, 7) is 0.578. The fourth-order valence-corrected chi connectivity index (χ4v) is 2.19. The fraction of sp³-hybridized carbons (Fsp3) is 0.385. The number of nitrogens with zero attached hydrogens (tertiary/aromatic N) is 1. The molecule has 0 radical (unpaired) electrons. The van der Waals surface area contributed by atoms with Gasteiger partial charge in [0.1, 0.15) is 11.6 Å². The van der Waals surface area contributed by atoms with Crippen LogP contribution in [0, 0.1) is 11.6 Å². The van der Waals surface area contributed by atoms with Gasteiger partial charge in [-0.2, -0.15) is 0 Å². The van der Waals surface area contributed by atoms with E-state index in [1.165, 1.54) is 12.0 Å². The van der Waals surface area contributed by atoms with E-state index >= 15 is 0 Å². The molecule has 1 unspecified atom stereocenters. The summed E-state index contributed by atoms with van der Waals surface area (Å²) in [6, 6.07) is 1.30. The minimum Gasteiger partial charge on any atom is -0.453 e. The quantitative estimate of drug-likeness (QED) is 0.801. The van der Waals surface area contributed by atoms with E-state index in [2.05, 4.69) is 10.1 Å². The molecule has 1 aromatic carbocycles. The Kier molecular flexibility index (Phi) is 4.25. The number of benzene rings is 1. The van der Waals surface area contributed by atoms with Gasteiger partial charge in [0, 0.05) is 19.2 Å². The van der Waals surface area contributed by atoms with Gasteiger partial charge in [0.05, 0.1) is 24.4 Å². The summed E-state index contributed by atoms with van der Waals surface area (Å²) in [6.07, 6.45) is -0.0643. The van der Waals surface area contributed by atoms with E-state index in [4.69, 9.17) is 5.73 Å². The lowest BCUT2D eigenvalue weighted by atomic mass is 10.1. The maximum absolute atomic E-state index is 13.7. The lowest BCUT2D eigenvalue weighted by molar-refractivity contribution is 0.0783. The highest BCUT2D eigenvalue weighted by Crippen LogP contribution is 2.20. The third-order valence-corrected chi connectivity index (χ3v) is 3.30. The van der Waals surface area contributed by atoms with Crippen LogP contribution in [0.2, 0.25) is 0 Å². The van der Waals surface area contributed by atoms with Crippen molar-refractivity contribution in [1.82, 2.24) is 10.2 Å². The zero-order valence-electron chi connectivity index (χ0n) is 11.4. The number of halogens is 2. The molecule has 6 nitrogen and oxygen atoms in total. The first kappa shape index (κ1) is 15.0. The number of amides is 2. The van der Waals surface area contributed by atoms with E-state index in [0.717, 1.165) is 6.07 Å². The fourth-order valence-electron chi connectivity index (χ4n) is 2.19. The third kappa shape index (κ3) is 3.21. The summed E-state index contributed by atoms with van der Waals surface area (Å²) in [5.74, 6) is -2.46. The van der Waals surface area contributed by atoms with Crippen molar-refractivity contribution in [2.75, 3.05) is 25.9 Å². The molecule has 0 spiro atoms. The number of carbonyl (C=O) groups excluding carboxylic acids is 2. The second-order valence-electron chi connectivity index (χ2n) is 4.73. The van der Waals surface area contributed by atoms with Gasteiger partial charge in [-0.1, -0.05) is 0 Å². The van der Waals surface area contributed by atoms with Crippen molar-refractivity contribution in [3.05, 3.63) is 29.3 Å². The van der Waals surface area contributed by atoms with Gasteiger partial charge in [-0.15, -0.1) is 0 Å². The zero-order chi connectivity index (χ0) is 15.6. The summed E-state index contributed by atoms with van der Waals surface area (Å²) in [5.41, 5.74) is 4.78. The average molecular weight is 299 g/mol. The van der Waals surface area contributed by atoms with Crippen LogP contribution in [0.15, 0.2) is 12.1 Å². The first-order valence-corrected chi connectivity index (χ1v) is 6.30. The molecule has 3 N–H and O–H groups in total. The first-order valence-electron chi connectivity index (χ1n) is 6.30. The van der Waals surface area contributed by atoms with Crippen molar-refractivity contribution >= 4 is 17.7 Å². The van der Waals surface area contributed by atoms with Crippen LogP contribution >= 0.6 is 0 Å². The Bertz CT molecular complexity index is 580. The third-order valence-electron chi connectivity index (χ3n) is 3.30. The molecule has 8 heteroatoms. The van der Waals surface area contributed by atoms with Crippen LogP contribution in [0.25, 0.3) is 0 Å². The number of ether oxygens (including phenoxy) is 1. The van der Waals surface area contributed by atoms with Crippen LogP contribution in [-0.4, -0.2) is 43.1 Å². The molecule has 0 aromatic heterocycles. The van der Waals surface area contributed by atoms with E-state index in [1.54, 1.807) is 0 Å². The van der Waals surface area contributed by atoms with Gasteiger partial charge in [0.2, 0.25) is 0 Å². The number of rotatable bonds is 2. The number of carbonyl (C=O) groups is 2. The standard InChI is InChI=1S/C13H15F2N3O3/c1-21-13(20)17-7-2-3-18(6-7)12(19)8-4-11(16)10(15)5-9(8)14/h4-5,7H,2-3,6,16H2,1H3,(H,17,20). The van der Waals surface area contributed by atoms with Crippen LogP contribution in [0.3, 0.4) is 0 Å². The van der Waals surface area contributed by atoms with Crippen molar-refractivity contribution in [1.29, 1.82) is 0 Å². The molecule has 2 rings (SSSR count).